The van der Waals surface area contributed by atoms with Crippen LogP contribution in [0.25, 0.3) is 0 Å². The first-order valence-electron chi connectivity index (χ1n) is 6.02. The van der Waals surface area contributed by atoms with Crippen LogP contribution in [0.1, 0.15) is 23.2 Å². The summed E-state index contributed by atoms with van der Waals surface area (Å²) in [5.41, 5.74) is 0.644. The van der Waals surface area contributed by atoms with Crippen molar-refractivity contribution in [3.8, 4) is 0 Å². The zero-order valence-electron chi connectivity index (χ0n) is 10.5. The maximum Gasteiger partial charge on any atom is 0.255 e. The van der Waals surface area contributed by atoms with E-state index >= 15 is 0 Å². The van der Waals surface area contributed by atoms with Crippen LogP contribution < -0.4 is 5.32 Å². The lowest BCUT2D eigenvalue weighted by molar-refractivity contribution is -0.124. The fourth-order valence-corrected chi connectivity index (χ4v) is 3.19. The van der Waals surface area contributed by atoms with E-state index in [-0.39, 0.29) is 17.9 Å². The van der Waals surface area contributed by atoms with E-state index < -0.39 is 0 Å². The summed E-state index contributed by atoms with van der Waals surface area (Å²) in [7, 11) is 1.60. The molecule has 1 fully saturated rings. The van der Waals surface area contributed by atoms with Crippen LogP contribution in [0.2, 0.25) is 0 Å². The summed E-state index contributed by atoms with van der Waals surface area (Å²) >= 11 is 5.52. The third kappa shape index (κ3) is 3.10. The van der Waals surface area contributed by atoms with Gasteiger partial charge >= 0.3 is 0 Å². The van der Waals surface area contributed by atoms with Crippen LogP contribution in [0, 0.1) is 3.57 Å². The zero-order chi connectivity index (χ0) is 14.0. The Balaban J connectivity index is 2.28. The second kappa shape index (κ2) is 6.21. The van der Waals surface area contributed by atoms with Gasteiger partial charge in [-0.15, -0.1) is 0 Å². The van der Waals surface area contributed by atoms with Crippen LogP contribution in [0.5, 0.6) is 0 Å². The van der Waals surface area contributed by atoms with Crippen molar-refractivity contribution in [1.82, 2.24) is 10.2 Å². The quantitative estimate of drug-likeness (QED) is 0.723. The molecule has 1 aromatic rings. The highest BCUT2D eigenvalue weighted by molar-refractivity contribution is 14.1. The summed E-state index contributed by atoms with van der Waals surface area (Å²) < 4.78 is 1.76. The van der Waals surface area contributed by atoms with Crippen molar-refractivity contribution in [2.24, 2.45) is 0 Å². The maximum absolute atomic E-state index is 12.6. The number of carbonyl (C=O) groups excluding carboxylic acids is 2. The minimum absolute atomic E-state index is 0.0724. The Kier molecular flexibility index (Phi) is 4.83. The number of nitrogens with zero attached hydrogens (tertiary/aromatic N) is 1. The average Bonchev–Trinajstić information content (AvgIpc) is 2.89. The van der Waals surface area contributed by atoms with E-state index in [0.717, 1.165) is 20.9 Å². The summed E-state index contributed by atoms with van der Waals surface area (Å²) in [4.78, 5) is 26.0. The lowest BCUT2D eigenvalue weighted by Crippen LogP contribution is -2.45. The number of carbonyl (C=O) groups is 2. The third-order valence-electron chi connectivity index (χ3n) is 3.22. The predicted molar refractivity (Wildman–Crippen MR) is 85.0 cm³/mol. The van der Waals surface area contributed by atoms with Crippen molar-refractivity contribution in [2.75, 3.05) is 13.6 Å². The molecule has 1 aliphatic rings. The molecule has 1 atom stereocenters. The number of rotatable bonds is 2. The van der Waals surface area contributed by atoms with Crippen molar-refractivity contribution < 1.29 is 9.59 Å². The van der Waals surface area contributed by atoms with Crippen LogP contribution in [-0.2, 0) is 4.79 Å². The number of hydrogen-bond acceptors (Lipinski definition) is 2. The largest absolute Gasteiger partial charge is 0.357 e. The Bertz CT molecular complexity index is 521. The Morgan fingerprint density at radius 2 is 2.21 bits per heavy atom. The van der Waals surface area contributed by atoms with Crippen LogP contribution in [-0.4, -0.2) is 36.3 Å². The highest BCUT2D eigenvalue weighted by Crippen LogP contribution is 2.24. The molecular formula is C13H14BrIN2O2. The molecule has 0 bridgehead atoms. The van der Waals surface area contributed by atoms with E-state index in [4.69, 9.17) is 0 Å². The standard InChI is InChI=1S/C13H14BrIN2O2/c1-16-12(18)11-3-2-6-17(11)13(19)9-7-8(14)4-5-10(9)15/h4-5,7,11H,2-3,6H2,1H3,(H,16,18). The number of likely N-dealkylation sites (N-methyl/N-ethyl adjacent to an activating group) is 1. The van der Waals surface area contributed by atoms with Crippen LogP contribution >= 0.6 is 38.5 Å². The molecule has 0 radical (unpaired) electrons. The second-order valence-electron chi connectivity index (χ2n) is 4.39. The minimum Gasteiger partial charge on any atom is -0.357 e. The normalized spacial score (nSPS) is 18.5. The Hall–Kier alpha value is -0.630. The topological polar surface area (TPSA) is 49.4 Å². The number of amides is 2. The van der Waals surface area contributed by atoms with Crippen LogP contribution in [0.4, 0.5) is 0 Å². The van der Waals surface area contributed by atoms with Gasteiger partial charge in [0.1, 0.15) is 6.04 Å². The van der Waals surface area contributed by atoms with Crippen molar-refractivity contribution >= 4 is 50.3 Å². The Labute approximate surface area is 134 Å². The van der Waals surface area contributed by atoms with Gasteiger partial charge in [-0.3, -0.25) is 9.59 Å². The van der Waals surface area contributed by atoms with Crippen LogP contribution in [0.3, 0.4) is 0 Å². The van der Waals surface area contributed by atoms with Crippen molar-refractivity contribution in [3.63, 3.8) is 0 Å². The number of halogens is 2. The maximum atomic E-state index is 12.6. The molecule has 1 aliphatic heterocycles. The molecule has 1 aromatic carbocycles. The van der Waals surface area contributed by atoms with Gasteiger partial charge in [0, 0.05) is 21.6 Å². The molecule has 1 N–H and O–H groups in total. The number of benzene rings is 1. The highest BCUT2D eigenvalue weighted by atomic mass is 127. The van der Waals surface area contributed by atoms with Crippen molar-refractivity contribution in [2.45, 2.75) is 18.9 Å². The SMILES string of the molecule is CNC(=O)C1CCCN1C(=O)c1cc(Br)ccc1I. The lowest BCUT2D eigenvalue weighted by Gasteiger charge is -2.24. The van der Waals surface area contributed by atoms with E-state index in [1.165, 1.54) is 0 Å². The molecule has 0 saturated carbocycles. The minimum atomic E-state index is -0.340. The van der Waals surface area contributed by atoms with E-state index in [2.05, 4.69) is 43.8 Å². The molecule has 0 spiro atoms. The van der Waals surface area contributed by atoms with Gasteiger partial charge in [0.05, 0.1) is 5.56 Å². The molecule has 1 unspecified atom stereocenters. The summed E-state index contributed by atoms with van der Waals surface area (Å²) in [5.74, 6) is -0.160. The third-order valence-corrected chi connectivity index (χ3v) is 4.66. The van der Waals surface area contributed by atoms with Gasteiger partial charge < -0.3 is 10.2 Å². The fraction of sp³-hybridized carbons (Fsp3) is 0.385. The first-order chi connectivity index (χ1) is 9.04. The molecule has 2 amide bonds. The first-order valence-corrected chi connectivity index (χ1v) is 7.89. The summed E-state index contributed by atoms with van der Waals surface area (Å²) in [6.45, 7) is 0.638. The van der Waals surface area contributed by atoms with Gasteiger partial charge in [0.15, 0.2) is 0 Å². The zero-order valence-corrected chi connectivity index (χ0v) is 14.2. The first kappa shape index (κ1) is 14.8. The lowest BCUT2D eigenvalue weighted by atomic mass is 10.1. The smallest absolute Gasteiger partial charge is 0.255 e. The molecule has 4 nitrogen and oxygen atoms in total. The Morgan fingerprint density at radius 3 is 2.89 bits per heavy atom. The molecule has 1 saturated heterocycles. The molecule has 102 valence electrons. The molecule has 0 aliphatic carbocycles. The molecule has 0 aromatic heterocycles. The fourth-order valence-electron chi connectivity index (χ4n) is 2.27. The predicted octanol–water partition coefficient (Wildman–Crippen LogP) is 2.40. The molecule has 2 rings (SSSR count). The molecule has 19 heavy (non-hydrogen) atoms. The van der Waals surface area contributed by atoms with Crippen molar-refractivity contribution in [3.05, 3.63) is 31.8 Å². The van der Waals surface area contributed by atoms with E-state index in [0.29, 0.717) is 12.1 Å². The van der Waals surface area contributed by atoms with E-state index in [1.54, 1.807) is 11.9 Å². The summed E-state index contributed by atoms with van der Waals surface area (Å²) in [5, 5.41) is 2.63. The van der Waals surface area contributed by atoms with Crippen molar-refractivity contribution in [1.29, 1.82) is 0 Å². The highest BCUT2D eigenvalue weighted by Gasteiger charge is 2.34. The van der Waals surface area contributed by atoms with E-state index in [1.807, 2.05) is 18.2 Å². The number of hydrogen-bond donors (Lipinski definition) is 1. The van der Waals surface area contributed by atoms with E-state index in [9.17, 15) is 9.59 Å². The number of likely N-dealkylation sites (tertiary alicyclic amines) is 1. The monoisotopic (exact) mass is 436 g/mol. The van der Waals surface area contributed by atoms with Crippen LogP contribution in [0.15, 0.2) is 22.7 Å². The second-order valence-corrected chi connectivity index (χ2v) is 6.47. The summed E-state index contributed by atoms with van der Waals surface area (Å²) in [6.07, 6.45) is 1.60. The van der Waals surface area contributed by atoms with Gasteiger partial charge in [-0.2, -0.15) is 0 Å². The molecule has 1 heterocycles. The van der Waals surface area contributed by atoms with Gasteiger partial charge in [0.2, 0.25) is 5.91 Å². The van der Waals surface area contributed by atoms with Gasteiger partial charge in [-0.1, -0.05) is 15.9 Å². The van der Waals surface area contributed by atoms with Gasteiger partial charge in [-0.25, -0.2) is 0 Å². The Morgan fingerprint density at radius 1 is 1.47 bits per heavy atom. The van der Waals surface area contributed by atoms with Gasteiger partial charge in [0.25, 0.3) is 5.91 Å². The number of nitrogens with one attached hydrogen (secondary N) is 1. The molecule has 6 heteroatoms. The summed E-state index contributed by atoms with van der Waals surface area (Å²) in [6, 6.07) is 5.26. The van der Waals surface area contributed by atoms with Gasteiger partial charge in [-0.05, 0) is 53.6 Å². The molecular weight excluding hydrogens is 423 g/mol. The average molecular weight is 437 g/mol.